The Labute approximate surface area is 89.8 Å². The highest BCUT2D eigenvalue weighted by atomic mass is 79.9. The van der Waals surface area contributed by atoms with E-state index in [0.29, 0.717) is 0 Å². The summed E-state index contributed by atoms with van der Waals surface area (Å²) in [5.74, 6) is -0.814. The number of aliphatic carboxylic acids is 1. The molecule has 0 unspecified atom stereocenters. The van der Waals surface area contributed by atoms with E-state index < -0.39 is 11.4 Å². The summed E-state index contributed by atoms with van der Waals surface area (Å²) >= 11 is 3.31. The number of hydrogen-bond donors (Lipinski definition) is 1. The minimum absolute atomic E-state index is 0.268. The van der Waals surface area contributed by atoms with Gasteiger partial charge in [-0.15, -0.1) is 0 Å². The zero-order valence-electron chi connectivity index (χ0n) is 7.37. The van der Waals surface area contributed by atoms with Crippen molar-refractivity contribution < 1.29 is 14.6 Å². The zero-order valence-corrected chi connectivity index (χ0v) is 8.95. The third kappa shape index (κ3) is 1.35. The zero-order chi connectivity index (χ0) is 10.2. The molecule has 1 heterocycles. The summed E-state index contributed by atoms with van der Waals surface area (Å²) in [6.45, 7) is 0.536. The van der Waals surface area contributed by atoms with Gasteiger partial charge in [-0.1, -0.05) is 28.1 Å². The number of carbonyl (C=O) groups is 1. The van der Waals surface area contributed by atoms with Gasteiger partial charge in [0.25, 0.3) is 0 Å². The maximum Gasteiger partial charge on any atom is 0.318 e. The number of hydrogen-bond acceptors (Lipinski definition) is 2. The van der Waals surface area contributed by atoms with Crippen molar-refractivity contribution in [3.05, 3.63) is 34.3 Å². The Balaban J connectivity index is 2.37. The van der Waals surface area contributed by atoms with Crippen LogP contribution < -0.4 is 0 Å². The van der Waals surface area contributed by atoms with E-state index in [2.05, 4.69) is 15.9 Å². The van der Waals surface area contributed by atoms with E-state index >= 15 is 0 Å². The van der Waals surface area contributed by atoms with E-state index in [9.17, 15) is 4.79 Å². The van der Waals surface area contributed by atoms with Crippen molar-refractivity contribution in [3.8, 4) is 0 Å². The Morgan fingerprint density at radius 1 is 1.36 bits per heavy atom. The topological polar surface area (TPSA) is 46.5 Å². The van der Waals surface area contributed by atoms with Gasteiger partial charge in [0.1, 0.15) is 5.41 Å². The van der Waals surface area contributed by atoms with Crippen molar-refractivity contribution in [2.24, 2.45) is 0 Å². The van der Waals surface area contributed by atoms with Crippen LogP contribution in [0.25, 0.3) is 0 Å². The van der Waals surface area contributed by atoms with Gasteiger partial charge in [0, 0.05) is 4.47 Å². The normalized spacial score (nSPS) is 18.6. The van der Waals surface area contributed by atoms with Crippen LogP contribution >= 0.6 is 15.9 Å². The summed E-state index contributed by atoms with van der Waals surface area (Å²) in [6, 6.07) is 7.33. The third-order valence-electron chi connectivity index (χ3n) is 2.50. The molecule has 0 saturated carbocycles. The average Bonchev–Trinajstić information content (AvgIpc) is 2.05. The minimum atomic E-state index is -0.819. The van der Waals surface area contributed by atoms with Crippen LogP contribution in [0.2, 0.25) is 0 Å². The van der Waals surface area contributed by atoms with Gasteiger partial charge in [-0.05, 0) is 17.7 Å². The Bertz CT molecular complexity index is 354. The molecule has 0 aliphatic carbocycles. The molecule has 0 spiro atoms. The van der Waals surface area contributed by atoms with Crippen molar-refractivity contribution in [1.82, 2.24) is 0 Å². The van der Waals surface area contributed by atoms with Gasteiger partial charge in [0.2, 0.25) is 0 Å². The fourth-order valence-electron chi connectivity index (χ4n) is 1.49. The molecule has 4 heteroatoms. The van der Waals surface area contributed by atoms with E-state index in [1.54, 1.807) is 0 Å². The number of halogens is 1. The number of rotatable bonds is 2. The first kappa shape index (κ1) is 9.68. The van der Waals surface area contributed by atoms with E-state index in [4.69, 9.17) is 9.84 Å². The second-order valence-electron chi connectivity index (χ2n) is 3.39. The molecular formula is C10H9BrO3. The van der Waals surface area contributed by atoms with Gasteiger partial charge in [-0.2, -0.15) is 0 Å². The van der Waals surface area contributed by atoms with Crippen LogP contribution in [-0.2, 0) is 14.9 Å². The Kier molecular flexibility index (Phi) is 2.33. The summed E-state index contributed by atoms with van der Waals surface area (Å²) in [5.41, 5.74) is -0.0137. The number of ether oxygens (including phenoxy) is 1. The lowest BCUT2D eigenvalue weighted by atomic mass is 9.79. The van der Waals surface area contributed by atoms with E-state index in [1.165, 1.54) is 0 Å². The van der Waals surface area contributed by atoms with Crippen LogP contribution in [0.1, 0.15) is 5.56 Å². The molecule has 0 amide bonds. The summed E-state index contributed by atoms with van der Waals surface area (Å²) in [6.07, 6.45) is 0. The van der Waals surface area contributed by atoms with Crippen LogP contribution in [0.15, 0.2) is 28.7 Å². The van der Waals surface area contributed by atoms with Gasteiger partial charge in [-0.25, -0.2) is 0 Å². The molecule has 1 aliphatic rings. The smallest absolute Gasteiger partial charge is 0.318 e. The Hall–Kier alpha value is -0.870. The minimum Gasteiger partial charge on any atom is -0.480 e. The second kappa shape index (κ2) is 3.37. The van der Waals surface area contributed by atoms with Crippen molar-refractivity contribution in [3.63, 3.8) is 0 Å². The molecule has 0 aromatic heterocycles. The molecule has 1 fully saturated rings. The highest BCUT2D eigenvalue weighted by Crippen LogP contribution is 2.33. The summed E-state index contributed by atoms with van der Waals surface area (Å²) < 4.78 is 5.94. The first-order chi connectivity index (χ1) is 6.65. The Morgan fingerprint density at radius 3 is 2.29 bits per heavy atom. The van der Waals surface area contributed by atoms with Crippen molar-refractivity contribution in [2.75, 3.05) is 13.2 Å². The quantitative estimate of drug-likeness (QED) is 0.878. The van der Waals surface area contributed by atoms with Crippen molar-refractivity contribution in [1.29, 1.82) is 0 Å². The number of carboxylic acids is 1. The van der Waals surface area contributed by atoms with Crippen LogP contribution in [0.5, 0.6) is 0 Å². The monoisotopic (exact) mass is 256 g/mol. The SMILES string of the molecule is O=C(O)C1(c2ccc(Br)cc2)COC1. The predicted molar refractivity (Wildman–Crippen MR) is 54.3 cm³/mol. The van der Waals surface area contributed by atoms with Crippen LogP contribution in [-0.4, -0.2) is 24.3 Å². The van der Waals surface area contributed by atoms with E-state index in [0.717, 1.165) is 10.0 Å². The fourth-order valence-corrected chi connectivity index (χ4v) is 1.75. The molecule has 1 aromatic rings. The van der Waals surface area contributed by atoms with Crippen molar-refractivity contribution >= 4 is 21.9 Å². The lowest BCUT2D eigenvalue weighted by Crippen LogP contribution is -2.53. The van der Waals surface area contributed by atoms with E-state index in [1.807, 2.05) is 24.3 Å². The van der Waals surface area contributed by atoms with Gasteiger partial charge < -0.3 is 9.84 Å². The second-order valence-corrected chi connectivity index (χ2v) is 4.30. The molecule has 0 atom stereocenters. The maximum absolute atomic E-state index is 11.1. The molecule has 1 aromatic carbocycles. The summed E-state index contributed by atoms with van der Waals surface area (Å²) in [7, 11) is 0. The number of benzene rings is 1. The molecule has 14 heavy (non-hydrogen) atoms. The highest BCUT2D eigenvalue weighted by molar-refractivity contribution is 9.10. The molecule has 0 radical (unpaired) electrons. The van der Waals surface area contributed by atoms with Gasteiger partial charge in [0.05, 0.1) is 13.2 Å². The number of carboxylic acid groups (broad SMARTS) is 1. The summed E-state index contributed by atoms with van der Waals surface area (Å²) in [5, 5.41) is 9.11. The molecular weight excluding hydrogens is 248 g/mol. The summed E-state index contributed by atoms with van der Waals surface area (Å²) in [4.78, 5) is 11.1. The van der Waals surface area contributed by atoms with Crippen LogP contribution in [0.4, 0.5) is 0 Å². The van der Waals surface area contributed by atoms with E-state index in [-0.39, 0.29) is 13.2 Å². The Morgan fingerprint density at radius 2 is 1.93 bits per heavy atom. The largest absolute Gasteiger partial charge is 0.480 e. The first-order valence-electron chi connectivity index (χ1n) is 4.22. The molecule has 74 valence electrons. The van der Waals surface area contributed by atoms with Crippen LogP contribution in [0.3, 0.4) is 0 Å². The highest BCUT2D eigenvalue weighted by Gasteiger charge is 2.47. The van der Waals surface area contributed by atoms with Crippen LogP contribution in [0, 0.1) is 0 Å². The molecule has 0 bridgehead atoms. The average molecular weight is 257 g/mol. The maximum atomic E-state index is 11.1. The molecule has 1 N–H and O–H groups in total. The first-order valence-corrected chi connectivity index (χ1v) is 5.02. The third-order valence-corrected chi connectivity index (χ3v) is 3.03. The standard InChI is InChI=1S/C10H9BrO3/c11-8-3-1-7(2-4-8)10(9(12)13)5-14-6-10/h1-4H,5-6H2,(H,12,13). The molecule has 1 aliphatic heterocycles. The lowest BCUT2D eigenvalue weighted by Gasteiger charge is -2.37. The van der Waals surface area contributed by atoms with Gasteiger partial charge in [-0.3, -0.25) is 4.79 Å². The predicted octanol–water partition coefficient (Wildman–Crippen LogP) is 1.80. The molecule has 1 saturated heterocycles. The molecule has 3 nitrogen and oxygen atoms in total. The van der Waals surface area contributed by atoms with Gasteiger partial charge in [0.15, 0.2) is 0 Å². The lowest BCUT2D eigenvalue weighted by molar-refractivity contribution is -0.163. The van der Waals surface area contributed by atoms with Gasteiger partial charge >= 0.3 is 5.97 Å². The van der Waals surface area contributed by atoms with Crippen molar-refractivity contribution in [2.45, 2.75) is 5.41 Å². The molecule has 2 rings (SSSR count). The fraction of sp³-hybridized carbons (Fsp3) is 0.300.